The van der Waals surface area contributed by atoms with Crippen LogP contribution in [0, 0.1) is 5.92 Å². The van der Waals surface area contributed by atoms with Gasteiger partial charge in [-0.2, -0.15) is 0 Å². The zero-order chi connectivity index (χ0) is 20.1. The molecule has 0 unspecified atom stereocenters. The molecule has 0 spiro atoms. The maximum atomic E-state index is 12.5. The third kappa shape index (κ3) is 2.99. The van der Waals surface area contributed by atoms with Gasteiger partial charge in [-0.15, -0.1) is 0 Å². The fourth-order valence-corrected chi connectivity index (χ4v) is 3.99. The van der Waals surface area contributed by atoms with Crippen LogP contribution in [-0.4, -0.2) is 41.6 Å². The van der Waals surface area contributed by atoms with Crippen LogP contribution >= 0.6 is 0 Å². The Labute approximate surface area is 167 Å². The number of fused-ring (bicyclic) bond motifs is 2. The van der Waals surface area contributed by atoms with Crippen molar-refractivity contribution in [3.8, 4) is 0 Å². The molecule has 4 amide bonds. The molecule has 0 bridgehead atoms. The molecule has 5 rings (SSSR count). The van der Waals surface area contributed by atoms with Gasteiger partial charge >= 0.3 is 0 Å². The highest BCUT2D eigenvalue weighted by molar-refractivity contribution is 6.22. The summed E-state index contributed by atoms with van der Waals surface area (Å²) in [7, 11) is 0. The number of benzene rings is 2. The van der Waals surface area contributed by atoms with E-state index in [1.54, 1.807) is 30.3 Å². The van der Waals surface area contributed by atoms with Gasteiger partial charge in [0, 0.05) is 23.8 Å². The Morgan fingerprint density at radius 1 is 1.00 bits per heavy atom. The number of anilines is 2. The summed E-state index contributed by atoms with van der Waals surface area (Å²) < 4.78 is 0. The zero-order valence-corrected chi connectivity index (χ0v) is 15.7. The smallest absolute Gasteiger partial charge is 0.262 e. The first kappa shape index (κ1) is 17.6. The van der Waals surface area contributed by atoms with E-state index in [1.807, 2.05) is 17.0 Å². The van der Waals surface area contributed by atoms with Gasteiger partial charge < -0.3 is 10.2 Å². The topological polar surface area (TPSA) is 86.8 Å². The second-order valence-electron chi connectivity index (χ2n) is 7.65. The van der Waals surface area contributed by atoms with Crippen LogP contribution in [0.25, 0.3) is 0 Å². The Hall–Kier alpha value is -3.48. The SMILES string of the molecule is O=C(CN1C(=O)c2ccccc2C1=O)Nc1ccc2c(c1)CCN2C(=O)C1CC1. The third-order valence-corrected chi connectivity index (χ3v) is 5.63. The Balaban J connectivity index is 1.27. The normalized spacial score (nSPS) is 17.4. The highest BCUT2D eigenvalue weighted by Crippen LogP contribution is 2.37. The van der Waals surface area contributed by atoms with Crippen LogP contribution in [0.5, 0.6) is 0 Å². The molecule has 2 heterocycles. The van der Waals surface area contributed by atoms with Crippen molar-refractivity contribution in [1.29, 1.82) is 0 Å². The number of nitrogens with zero attached hydrogens (tertiary/aromatic N) is 2. The quantitative estimate of drug-likeness (QED) is 0.813. The molecule has 146 valence electrons. The molecule has 2 aliphatic heterocycles. The summed E-state index contributed by atoms with van der Waals surface area (Å²) in [5.41, 5.74) is 3.15. The van der Waals surface area contributed by atoms with E-state index < -0.39 is 17.7 Å². The number of carbonyl (C=O) groups excluding carboxylic acids is 4. The standard InChI is InChI=1S/C22H19N3O4/c26-19(12-25-21(28)16-3-1-2-4-17(16)22(25)29)23-15-7-8-18-14(11-15)9-10-24(18)20(27)13-5-6-13/h1-4,7-8,11,13H,5-6,9-10,12H2,(H,23,26). The number of carbonyl (C=O) groups is 4. The van der Waals surface area contributed by atoms with E-state index in [1.165, 1.54) is 0 Å². The first-order valence-electron chi connectivity index (χ1n) is 9.72. The average Bonchev–Trinajstić information content (AvgIpc) is 3.45. The summed E-state index contributed by atoms with van der Waals surface area (Å²) >= 11 is 0. The Kier molecular flexibility index (Phi) is 3.97. The molecule has 0 atom stereocenters. The zero-order valence-electron chi connectivity index (χ0n) is 15.7. The van der Waals surface area contributed by atoms with Gasteiger partial charge in [-0.25, -0.2) is 0 Å². The second kappa shape index (κ2) is 6.55. The number of rotatable bonds is 4. The lowest BCUT2D eigenvalue weighted by atomic mass is 10.1. The molecule has 0 aromatic heterocycles. The monoisotopic (exact) mass is 389 g/mol. The van der Waals surface area contributed by atoms with Crippen LogP contribution in [-0.2, 0) is 16.0 Å². The van der Waals surface area contributed by atoms with Gasteiger partial charge in [0.2, 0.25) is 11.8 Å². The van der Waals surface area contributed by atoms with E-state index in [0.29, 0.717) is 23.4 Å². The number of hydrogen-bond donors (Lipinski definition) is 1. The molecule has 1 N–H and O–H groups in total. The first-order valence-corrected chi connectivity index (χ1v) is 9.72. The highest BCUT2D eigenvalue weighted by Gasteiger charge is 2.37. The minimum atomic E-state index is -0.455. The fourth-order valence-electron chi connectivity index (χ4n) is 3.99. The van der Waals surface area contributed by atoms with Gasteiger partial charge in [0.15, 0.2) is 0 Å². The molecular formula is C22H19N3O4. The Bertz CT molecular complexity index is 1040. The van der Waals surface area contributed by atoms with E-state index in [2.05, 4.69) is 5.32 Å². The number of nitrogens with one attached hydrogen (secondary N) is 1. The molecule has 2 aromatic carbocycles. The van der Waals surface area contributed by atoms with Crippen molar-refractivity contribution in [2.75, 3.05) is 23.3 Å². The molecule has 1 saturated carbocycles. The van der Waals surface area contributed by atoms with Crippen molar-refractivity contribution < 1.29 is 19.2 Å². The molecule has 7 nitrogen and oxygen atoms in total. The molecule has 1 aliphatic carbocycles. The predicted octanol–water partition coefficient (Wildman–Crippen LogP) is 2.22. The van der Waals surface area contributed by atoms with Crippen molar-refractivity contribution in [1.82, 2.24) is 4.90 Å². The third-order valence-electron chi connectivity index (χ3n) is 5.63. The lowest BCUT2D eigenvalue weighted by Crippen LogP contribution is -2.37. The van der Waals surface area contributed by atoms with Gasteiger partial charge in [-0.3, -0.25) is 24.1 Å². The van der Waals surface area contributed by atoms with E-state index in [-0.39, 0.29) is 18.4 Å². The summed E-state index contributed by atoms with van der Waals surface area (Å²) in [6.45, 7) is 0.326. The van der Waals surface area contributed by atoms with Crippen molar-refractivity contribution in [3.63, 3.8) is 0 Å². The molecule has 3 aliphatic rings. The van der Waals surface area contributed by atoms with E-state index in [0.717, 1.165) is 35.4 Å². The Morgan fingerprint density at radius 3 is 2.34 bits per heavy atom. The lowest BCUT2D eigenvalue weighted by Gasteiger charge is -2.17. The van der Waals surface area contributed by atoms with Crippen molar-refractivity contribution >= 4 is 35.0 Å². The fraction of sp³-hybridized carbons (Fsp3) is 0.273. The molecule has 7 heteroatoms. The second-order valence-corrected chi connectivity index (χ2v) is 7.65. The van der Waals surface area contributed by atoms with E-state index >= 15 is 0 Å². The van der Waals surface area contributed by atoms with Crippen LogP contribution in [0.15, 0.2) is 42.5 Å². The summed E-state index contributed by atoms with van der Waals surface area (Å²) in [6.07, 6.45) is 2.68. The average molecular weight is 389 g/mol. The number of hydrogen-bond acceptors (Lipinski definition) is 4. The summed E-state index contributed by atoms with van der Waals surface area (Å²) in [5, 5.41) is 2.76. The maximum absolute atomic E-state index is 12.5. The van der Waals surface area contributed by atoms with Gasteiger partial charge in [-0.1, -0.05) is 12.1 Å². The van der Waals surface area contributed by atoms with Gasteiger partial charge in [-0.05, 0) is 55.2 Å². The van der Waals surface area contributed by atoms with Crippen LogP contribution in [0.1, 0.15) is 39.1 Å². The van der Waals surface area contributed by atoms with Crippen molar-refractivity contribution in [3.05, 3.63) is 59.2 Å². The molecule has 29 heavy (non-hydrogen) atoms. The minimum Gasteiger partial charge on any atom is -0.325 e. The van der Waals surface area contributed by atoms with Gasteiger partial charge in [0.1, 0.15) is 6.54 Å². The van der Waals surface area contributed by atoms with E-state index in [9.17, 15) is 19.2 Å². The van der Waals surface area contributed by atoms with Crippen LogP contribution < -0.4 is 10.2 Å². The lowest BCUT2D eigenvalue weighted by molar-refractivity contribution is -0.119. The largest absolute Gasteiger partial charge is 0.325 e. The molecule has 1 fully saturated rings. The van der Waals surface area contributed by atoms with E-state index in [4.69, 9.17) is 0 Å². The number of imide groups is 1. The highest BCUT2D eigenvalue weighted by atomic mass is 16.2. The van der Waals surface area contributed by atoms with Crippen molar-refractivity contribution in [2.24, 2.45) is 5.92 Å². The number of amides is 4. The molecular weight excluding hydrogens is 370 g/mol. The van der Waals surface area contributed by atoms with Gasteiger partial charge in [0.05, 0.1) is 11.1 Å². The van der Waals surface area contributed by atoms with Crippen LogP contribution in [0.4, 0.5) is 11.4 Å². The summed E-state index contributed by atoms with van der Waals surface area (Å²) in [6, 6.07) is 12.0. The maximum Gasteiger partial charge on any atom is 0.262 e. The van der Waals surface area contributed by atoms with Crippen LogP contribution in [0.2, 0.25) is 0 Å². The van der Waals surface area contributed by atoms with Crippen LogP contribution in [0.3, 0.4) is 0 Å². The molecule has 0 saturated heterocycles. The van der Waals surface area contributed by atoms with Crippen molar-refractivity contribution in [2.45, 2.75) is 19.3 Å². The summed E-state index contributed by atoms with van der Waals surface area (Å²) in [5.74, 6) is -0.998. The molecule has 2 aromatic rings. The first-order chi connectivity index (χ1) is 14.0. The minimum absolute atomic E-state index is 0.167. The molecule has 0 radical (unpaired) electrons. The summed E-state index contributed by atoms with van der Waals surface area (Å²) in [4.78, 5) is 52.4. The van der Waals surface area contributed by atoms with Gasteiger partial charge in [0.25, 0.3) is 11.8 Å². The predicted molar refractivity (Wildman–Crippen MR) is 106 cm³/mol. The Morgan fingerprint density at radius 2 is 1.69 bits per heavy atom.